The third-order valence-electron chi connectivity index (χ3n) is 2.06. The Morgan fingerprint density at radius 3 is 2.38 bits per heavy atom. The van der Waals surface area contributed by atoms with Gasteiger partial charge in [0.15, 0.2) is 0 Å². The second kappa shape index (κ2) is 5.37. The van der Waals surface area contributed by atoms with Gasteiger partial charge in [0.25, 0.3) is 0 Å². The molecule has 0 spiro atoms. The number of nitrogens with two attached hydrogens (primary N) is 1. The maximum absolute atomic E-state index is 10.8. The molecule has 0 aliphatic carbocycles. The van der Waals surface area contributed by atoms with Crippen LogP contribution >= 0.6 is 11.8 Å². The van der Waals surface area contributed by atoms with Crippen molar-refractivity contribution in [3.8, 4) is 0 Å². The van der Waals surface area contributed by atoms with Crippen LogP contribution in [-0.2, 0) is 4.79 Å². The van der Waals surface area contributed by atoms with Gasteiger partial charge in [0.1, 0.15) is 0 Å². The first kappa shape index (κ1) is 13.1. The van der Waals surface area contributed by atoms with Crippen LogP contribution in [-0.4, -0.2) is 17.2 Å². The monoisotopic (exact) mass is 238 g/mol. The van der Waals surface area contributed by atoms with Crippen molar-refractivity contribution in [1.82, 2.24) is 0 Å². The van der Waals surface area contributed by atoms with Gasteiger partial charge in [-0.15, -0.1) is 11.8 Å². The second-order valence-electron chi connectivity index (χ2n) is 4.27. The Balaban J connectivity index is 2.68. The molecule has 0 saturated heterocycles. The molecule has 0 bridgehead atoms. The lowest BCUT2D eigenvalue weighted by Crippen LogP contribution is -2.26. The van der Waals surface area contributed by atoms with E-state index in [1.807, 2.05) is 24.3 Å². The maximum atomic E-state index is 10.8. The second-order valence-corrected chi connectivity index (χ2v) is 6.05. The molecule has 0 aromatic heterocycles. The Bertz CT molecular complexity index is 360. The number of carbonyl (C=O) groups excluding carboxylic acids is 1. The minimum Gasteiger partial charge on any atom is -0.329 e. The number of nitrogens with one attached hydrogen (secondary N) is 1. The van der Waals surface area contributed by atoms with Gasteiger partial charge < -0.3 is 11.1 Å². The lowest BCUT2D eigenvalue weighted by molar-refractivity contribution is -0.114. The third-order valence-corrected chi connectivity index (χ3v) is 3.29. The van der Waals surface area contributed by atoms with E-state index in [2.05, 4.69) is 19.2 Å². The Morgan fingerprint density at radius 2 is 1.94 bits per heavy atom. The van der Waals surface area contributed by atoms with E-state index >= 15 is 0 Å². The molecule has 1 rings (SSSR count). The smallest absolute Gasteiger partial charge is 0.221 e. The van der Waals surface area contributed by atoms with Crippen LogP contribution in [0.25, 0.3) is 0 Å². The van der Waals surface area contributed by atoms with E-state index in [0.29, 0.717) is 6.54 Å². The fraction of sp³-hybridized carbons (Fsp3) is 0.417. The van der Waals surface area contributed by atoms with Gasteiger partial charge in [-0.3, -0.25) is 4.79 Å². The molecule has 4 heteroatoms. The summed E-state index contributed by atoms with van der Waals surface area (Å²) in [5.41, 5.74) is 6.49. The Kier molecular flexibility index (Phi) is 4.38. The highest BCUT2D eigenvalue weighted by molar-refractivity contribution is 8.00. The standard InChI is InChI=1S/C12H18N2OS/c1-9(15)14-10-4-6-11(7-5-10)16-12(2,3)8-13/h4-7H,8,13H2,1-3H3,(H,14,15). The van der Waals surface area contributed by atoms with E-state index in [1.165, 1.54) is 6.92 Å². The first-order chi connectivity index (χ1) is 7.43. The van der Waals surface area contributed by atoms with Crippen molar-refractivity contribution in [2.45, 2.75) is 30.4 Å². The van der Waals surface area contributed by atoms with Crippen molar-refractivity contribution >= 4 is 23.4 Å². The molecule has 0 aliphatic rings. The molecular formula is C12H18N2OS. The van der Waals surface area contributed by atoms with Gasteiger partial charge in [0.05, 0.1) is 0 Å². The van der Waals surface area contributed by atoms with Crippen molar-refractivity contribution in [2.24, 2.45) is 5.73 Å². The molecule has 1 aromatic carbocycles. The van der Waals surface area contributed by atoms with Gasteiger partial charge in [-0.25, -0.2) is 0 Å². The molecule has 0 fully saturated rings. The summed E-state index contributed by atoms with van der Waals surface area (Å²) in [7, 11) is 0. The number of carbonyl (C=O) groups is 1. The third kappa shape index (κ3) is 4.24. The van der Waals surface area contributed by atoms with E-state index in [9.17, 15) is 4.79 Å². The van der Waals surface area contributed by atoms with Crippen LogP contribution in [0.15, 0.2) is 29.2 Å². The lowest BCUT2D eigenvalue weighted by Gasteiger charge is -2.21. The molecule has 1 amide bonds. The Labute approximate surface area is 101 Å². The highest BCUT2D eigenvalue weighted by Gasteiger charge is 2.16. The van der Waals surface area contributed by atoms with E-state index in [-0.39, 0.29) is 10.7 Å². The summed E-state index contributed by atoms with van der Waals surface area (Å²) in [6.45, 7) is 6.35. The van der Waals surface area contributed by atoms with Crippen LogP contribution in [0, 0.1) is 0 Å². The van der Waals surface area contributed by atoms with E-state index in [0.717, 1.165) is 10.6 Å². The largest absolute Gasteiger partial charge is 0.329 e. The molecule has 0 unspecified atom stereocenters. The fourth-order valence-corrected chi connectivity index (χ4v) is 2.16. The predicted molar refractivity (Wildman–Crippen MR) is 69.7 cm³/mol. The molecule has 3 nitrogen and oxygen atoms in total. The Morgan fingerprint density at radius 1 is 1.38 bits per heavy atom. The molecule has 16 heavy (non-hydrogen) atoms. The predicted octanol–water partition coefficient (Wildman–Crippen LogP) is 2.47. The number of thioether (sulfide) groups is 1. The van der Waals surface area contributed by atoms with Gasteiger partial charge >= 0.3 is 0 Å². The number of rotatable bonds is 4. The molecule has 0 aliphatic heterocycles. The van der Waals surface area contributed by atoms with Gasteiger partial charge in [-0.1, -0.05) is 0 Å². The average molecular weight is 238 g/mol. The van der Waals surface area contributed by atoms with Crippen molar-refractivity contribution in [3.63, 3.8) is 0 Å². The van der Waals surface area contributed by atoms with Gasteiger partial charge in [0, 0.05) is 28.8 Å². The number of amides is 1. The summed E-state index contributed by atoms with van der Waals surface area (Å²) in [6.07, 6.45) is 0. The molecule has 88 valence electrons. The van der Waals surface area contributed by atoms with E-state index < -0.39 is 0 Å². The number of hydrogen-bond acceptors (Lipinski definition) is 3. The fourth-order valence-electron chi connectivity index (χ4n) is 1.17. The summed E-state index contributed by atoms with van der Waals surface area (Å²) in [6, 6.07) is 7.79. The minimum atomic E-state index is -0.0531. The first-order valence-corrected chi connectivity index (χ1v) is 6.01. The van der Waals surface area contributed by atoms with Crippen LogP contribution < -0.4 is 11.1 Å². The van der Waals surface area contributed by atoms with E-state index in [1.54, 1.807) is 11.8 Å². The van der Waals surface area contributed by atoms with Crippen LogP contribution in [0.2, 0.25) is 0 Å². The summed E-state index contributed by atoms with van der Waals surface area (Å²) in [5, 5.41) is 2.74. The molecule has 0 saturated carbocycles. The summed E-state index contributed by atoms with van der Waals surface area (Å²) in [5.74, 6) is -0.0531. The van der Waals surface area contributed by atoms with Gasteiger partial charge in [0.2, 0.25) is 5.91 Å². The van der Waals surface area contributed by atoms with Crippen LogP contribution in [0.5, 0.6) is 0 Å². The van der Waals surface area contributed by atoms with Crippen molar-refractivity contribution in [3.05, 3.63) is 24.3 Å². The van der Waals surface area contributed by atoms with E-state index in [4.69, 9.17) is 5.73 Å². The highest BCUT2D eigenvalue weighted by Crippen LogP contribution is 2.31. The highest BCUT2D eigenvalue weighted by atomic mass is 32.2. The molecule has 0 radical (unpaired) electrons. The van der Waals surface area contributed by atoms with Crippen LogP contribution in [0.4, 0.5) is 5.69 Å². The van der Waals surface area contributed by atoms with Crippen molar-refractivity contribution in [1.29, 1.82) is 0 Å². The Hall–Kier alpha value is -1.00. The van der Waals surface area contributed by atoms with Crippen molar-refractivity contribution < 1.29 is 4.79 Å². The first-order valence-electron chi connectivity index (χ1n) is 5.20. The quantitative estimate of drug-likeness (QED) is 0.792. The van der Waals surface area contributed by atoms with Crippen molar-refractivity contribution in [2.75, 3.05) is 11.9 Å². The summed E-state index contributed by atoms with van der Waals surface area (Å²) >= 11 is 1.74. The number of hydrogen-bond donors (Lipinski definition) is 2. The van der Waals surface area contributed by atoms with Gasteiger partial charge in [-0.2, -0.15) is 0 Å². The summed E-state index contributed by atoms with van der Waals surface area (Å²) < 4.78 is 0.0372. The zero-order valence-electron chi connectivity index (χ0n) is 9.91. The van der Waals surface area contributed by atoms with Gasteiger partial charge in [-0.05, 0) is 38.1 Å². The zero-order chi connectivity index (χ0) is 12.2. The van der Waals surface area contributed by atoms with Crippen LogP contribution in [0.3, 0.4) is 0 Å². The maximum Gasteiger partial charge on any atom is 0.221 e. The molecule has 0 heterocycles. The average Bonchev–Trinajstić information content (AvgIpc) is 2.20. The molecule has 3 N–H and O–H groups in total. The molecule has 1 aromatic rings. The normalized spacial score (nSPS) is 11.2. The molecular weight excluding hydrogens is 220 g/mol. The zero-order valence-corrected chi connectivity index (χ0v) is 10.7. The number of anilines is 1. The lowest BCUT2D eigenvalue weighted by atomic mass is 10.2. The van der Waals surface area contributed by atoms with Crippen LogP contribution in [0.1, 0.15) is 20.8 Å². The summed E-state index contributed by atoms with van der Waals surface area (Å²) in [4.78, 5) is 12.0. The SMILES string of the molecule is CC(=O)Nc1ccc(SC(C)(C)CN)cc1. The topological polar surface area (TPSA) is 55.1 Å². The number of benzene rings is 1. The molecule has 0 atom stereocenters. The minimum absolute atomic E-state index is 0.0372.